The summed E-state index contributed by atoms with van der Waals surface area (Å²) in [6, 6.07) is 11.7. The summed E-state index contributed by atoms with van der Waals surface area (Å²) in [6.07, 6.45) is 1.68. The highest BCUT2D eigenvalue weighted by Crippen LogP contribution is 2.19. The number of fused-ring (bicyclic) bond motifs is 1. The molecule has 0 aliphatic rings. The average Bonchev–Trinajstić information content (AvgIpc) is 2.88. The molecule has 2 heterocycles. The van der Waals surface area contributed by atoms with Crippen LogP contribution in [0.15, 0.2) is 47.8 Å². The van der Waals surface area contributed by atoms with E-state index in [2.05, 4.69) is 27.2 Å². The first-order chi connectivity index (χ1) is 9.35. The van der Waals surface area contributed by atoms with Crippen molar-refractivity contribution in [1.29, 1.82) is 0 Å². The van der Waals surface area contributed by atoms with Gasteiger partial charge in [0, 0.05) is 11.9 Å². The smallest absolute Gasteiger partial charge is 0.244 e. The molecule has 0 bridgehead atoms. The van der Waals surface area contributed by atoms with E-state index in [9.17, 15) is 4.39 Å². The van der Waals surface area contributed by atoms with Crippen molar-refractivity contribution >= 4 is 17.5 Å². The monoisotopic (exact) mass is 274 g/mol. The van der Waals surface area contributed by atoms with Gasteiger partial charge in [-0.05, 0) is 11.6 Å². The molecular weight excluding hydrogens is 263 g/mol. The zero-order valence-corrected chi connectivity index (χ0v) is 10.8. The molecule has 0 aliphatic heterocycles. The molecule has 0 aliphatic carbocycles. The standard InChI is InChI=1S/C13H11FN4S/c14-8-11-6-7-18-12(15-11)16-13(17-18)19-9-10-4-2-1-3-5-10/h1-7H,8-9H2. The van der Waals surface area contributed by atoms with Gasteiger partial charge in [0.1, 0.15) is 6.67 Å². The minimum absolute atomic E-state index is 0.375. The maximum atomic E-state index is 12.5. The Labute approximate surface area is 113 Å². The van der Waals surface area contributed by atoms with Crippen molar-refractivity contribution in [1.82, 2.24) is 19.6 Å². The Morgan fingerprint density at radius 2 is 1.95 bits per heavy atom. The second kappa shape index (κ2) is 5.36. The summed E-state index contributed by atoms with van der Waals surface area (Å²) in [4.78, 5) is 8.34. The third-order valence-electron chi connectivity index (χ3n) is 2.59. The van der Waals surface area contributed by atoms with E-state index in [4.69, 9.17) is 0 Å². The number of rotatable bonds is 4. The Balaban J connectivity index is 1.78. The van der Waals surface area contributed by atoms with Gasteiger partial charge in [0.05, 0.1) is 5.69 Å². The van der Waals surface area contributed by atoms with Crippen LogP contribution in [0, 0.1) is 0 Å². The molecule has 96 valence electrons. The number of hydrogen-bond acceptors (Lipinski definition) is 4. The summed E-state index contributed by atoms with van der Waals surface area (Å²) in [7, 11) is 0. The number of thioether (sulfide) groups is 1. The van der Waals surface area contributed by atoms with Crippen LogP contribution < -0.4 is 0 Å². The SMILES string of the molecule is FCc1ccn2nc(SCc3ccccc3)nc2n1. The van der Waals surface area contributed by atoms with Crippen molar-refractivity contribution in [3.8, 4) is 0 Å². The molecule has 0 amide bonds. The second-order valence-electron chi connectivity index (χ2n) is 3.97. The average molecular weight is 274 g/mol. The minimum atomic E-state index is -0.587. The predicted octanol–water partition coefficient (Wildman–Crippen LogP) is 2.89. The fraction of sp³-hybridized carbons (Fsp3) is 0.154. The summed E-state index contributed by atoms with van der Waals surface area (Å²) in [6.45, 7) is -0.587. The lowest BCUT2D eigenvalue weighted by Crippen LogP contribution is -1.93. The third-order valence-corrected chi connectivity index (χ3v) is 3.50. The van der Waals surface area contributed by atoms with Crippen LogP contribution >= 0.6 is 11.8 Å². The predicted molar refractivity (Wildman–Crippen MR) is 71.6 cm³/mol. The Kier molecular flexibility index (Phi) is 3.41. The molecule has 0 radical (unpaired) electrons. The van der Waals surface area contributed by atoms with Crippen molar-refractivity contribution in [3.05, 3.63) is 53.9 Å². The summed E-state index contributed by atoms with van der Waals surface area (Å²) in [5, 5.41) is 4.93. The summed E-state index contributed by atoms with van der Waals surface area (Å²) < 4.78 is 14.1. The number of halogens is 1. The Morgan fingerprint density at radius 1 is 1.11 bits per heavy atom. The van der Waals surface area contributed by atoms with Crippen molar-refractivity contribution in [2.75, 3.05) is 0 Å². The van der Waals surface area contributed by atoms with Crippen LogP contribution in [-0.2, 0) is 12.4 Å². The molecular formula is C13H11FN4S. The number of hydrogen-bond donors (Lipinski definition) is 0. The van der Waals surface area contributed by atoms with Gasteiger partial charge in [-0.2, -0.15) is 4.98 Å². The number of alkyl halides is 1. The van der Waals surface area contributed by atoms with E-state index in [1.54, 1.807) is 16.8 Å². The van der Waals surface area contributed by atoms with Crippen LogP contribution in [0.5, 0.6) is 0 Å². The number of benzene rings is 1. The summed E-state index contributed by atoms with van der Waals surface area (Å²) in [5.74, 6) is 1.24. The van der Waals surface area contributed by atoms with E-state index < -0.39 is 6.67 Å². The van der Waals surface area contributed by atoms with E-state index in [0.29, 0.717) is 16.6 Å². The Hall–Kier alpha value is -1.95. The molecule has 0 spiro atoms. The molecule has 2 aromatic heterocycles. The fourth-order valence-corrected chi connectivity index (χ4v) is 2.43. The number of nitrogens with zero attached hydrogens (tertiary/aromatic N) is 4. The molecule has 0 saturated carbocycles. The van der Waals surface area contributed by atoms with Crippen molar-refractivity contribution in [2.24, 2.45) is 0 Å². The Bertz CT molecular complexity index is 683. The molecule has 6 heteroatoms. The van der Waals surface area contributed by atoms with Gasteiger partial charge in [-0.1, -0.05) is 42.1 Å². The van der Waals surface area contributed by atoms with Gasteiger partial charge in [0.2, 0.25) is 5.16 Å². The van der Waals surface area contributed by atoms with Crippen LogP contribution in [-0.4, -0.2) is 19.6 Å². The maximum absolute atomic E-state index is 12.5. The van der Waals surface area contributed by atoms with Gasteiger partial charge in [-0.3, -0.25) is 0 Å². The van der Waals surface area contributed by atoms with Gasteiger partial charge >= 0.3 is 0 Å². The highest BCUT2D eigenvalue weighted by Gasteiger charge is 2.06. The zero-order chi connectivity index (χ0) is 13.1. The first kappa shape index (κ1) is 12.1. The maximum Gasteiger partial charge on any atom is 0.253 e. The largest absolute Gasteiger partial charge is 0.253 e. The summed E-state index contributed by atoms with van der Waals surface area (Å²) >= 11 is 1.54. The highest BCUT2D eigenvalue weighted by atomic mass is 32.2. The van der Waals surface area contributed by atoms with E-state index in [1.165, 1.54) is 17.3 Å². The second-order valence-corrected chi connectivity index (χ2v) is 4.91. The molecule has 19 heavy (non-hydrogen) atoms. The van der Waals surface area contributed by atoms with E-state index in [0.717, 1.165) is 5.75 Å². The molecule has 0 fully saturated rings. The van der Waals surface area contributed by atoms with E-state index >= 15 is 0 Å². The molecule has 0 unspecified atom stereocenters. The van der Waals surface area contributed by atoms with Gasteiger partial charge in [0.25, 0.3) is 5.78 Å². The normalized spacial score (nSPS) is 11.0. The molecule has 3 rings (SSSR count). The lowest BCUT2D eigenvalue weighted by Gasteiger charge is -1.96. The highest BCUT2D eigenvalue weighted by molar-refractivity contribution is 7.98. The summed E-state index contributed by atoms with van der Waals surface area (Å²) in [5.41, 5.74) is 1.59. The lowest BCUT2D eigenvalue weighted by atomic mass is 10.2. The fourth-order valence-electron chi connectivity index (χ4n) is 1.65. The van der Waals surface area contributed by atoms with Crippen molar-refractivity contribution < 1.29 is 4.39 Å². The van der Waals surface area contributed by atoms with E-state index in [1.807, 2.05) is 18.2 Å². The molecule has 0 atom stereocenters. The van der Waals surface area contributed by atoms with Crippen LogP contribution in [0.4, 0.5) is 4.39 Å². The van der Waals surface area contributed by atoms with Crippen molar-refractivity contribution in [3.63, 3.8) is 0 Å². The molecule has 1 aromatic carbocycles. The van der Waals surface area contributed by atoms with Crippen molar-refractivity contribution in [2.45, 2.75) is 17.6 Å². The van der Waals surface area contributed by atoms with Crippen LogP contribution in [0.3, 0.4) is 0 Å². The topological polar surface area (TPSA) is 43.1 Å². The van der Waals surface area contributed by atoms with Gasteiger partial charge in [-0.25, -0.2) is 13.9 Å². The molecule has 0 saturated heterocycles. The van der Waals surface area contributed by atoms with Gasteiger partial charge < -0.3 is 0 Å². The lowest BCUT2D eigenvalue weighted by molar-refractivity contribution is 0.476. The van der Waals surface area contributed by atoms with Crippen LogP contribution in [0.25, 0.3) is 5.78 Å². The third kappa shape index (κ3) is 2.73. The quantitative estimate of drug-likeness (QED) is 0.686. The Morgan fingerprint density at radius 3 is 2.74 bits per heavy atom. The molecule has 4 nitrogen and oxygen atoms in total. The first-order valence-corrected chi connectivity index (χ1v) is 6.79. The van der Waals surface area contributed by atoms with Crippen LogP contribution in [0.1, 0.15) is 11.3 Å². The van der Waals surface area contributed by atoms with E-state index in [-0.39, 0.29) is 0 Å². The van der Waals surface area contributed by atoms with Gasteiger partial charge in [0.15, 0.2) is 0 Å². The minimum Gasteiger partial charge on any atom is -0.244 e. The van der Waals surface area contributed by atoms with Crippen LogP contribution in [0.2, 0.25) is 0 Å². The number of aromatic nitrogens is 4. The molecule has 0 N–H and O–H groups in total. The first-order valence-electron chi connectivity index (χ1n) is 5.80. The zero-order valence-electron chi connectivity index (χ0n) is 10.0. The van der Waals surface area contributed by atoms with Gasteiger partial charge in [-0.15, -0.1) is 5.10 Å². The molecule has 3 aromatic rings.